The summed E-state index contributed by atoms with van der Waals surface area (Å²) in [5.41, 5.74) is -8.48. The summed E-state index contributed by atoms with van der Waals surface area (Å²) in [6.45, 7) is 0.282. The van der Waals surface area contributed by atoms with E-state index in [9.17, 15) is 44.4 Å². The van der Waals surface area contributed by atoms with E-state index < -0.39 is 69.9 Å². The molecule has 3 heterocycles. The summed E-state index contributed by atoms with van der Waals surface area (Å²) in [4.78, 5) is 68.5. The van der Waals surface area contributed by atoms with Crippen molar-refractivity contribution in [3.8, 4) is 11.5 Å². The van der Waals surface area contributed by atoms with Crippen LogP contribution in [0.1, 0.15) is 49.7 Å². The number of likely N-dealkylation sites (tertiary alicyclic amines) is 2. The maximum Gasteiger partial charge on any atom is 0.335 e. The quantitative estimate of drug-likeness (QED) is 0.374. The van der Waals surface area contributed by atoms with Crippen molar-refractivity contribution in [3.63, 3.8) is 0 Å². The number of aliphatic carboxylic acids is 2. The fourth-order valence-electron chi connectivity index (χ4n) is 8.22. The fraction of sp³-hybridized carbons (Fsp3) is 0.560. The Hall–Kier alpha value is -3.51. The summed E-state index contributed by atoms with van der Waals surface area (Å²) >= 11 is 0. The molecule has 1 spiro atoms. The standard InChI is InChI=1S/C25H26N2O10/c1-26-9-8-22-19-12-2-3-13(28)20(19)37-25(22,15(29)6-7-24(22,36)14(26)10-12)23(21(34)35,11-18(32)33)27-16(30)4-5-17(27)31/h2-3,14,28,36H,4-11H2,1H3,(H,32,33)(H,34,35)/t14-,22-,23-,24-,25+/m1/s1. The van der Waals surface area contributed by atoms with Crippen LogP contribution in [0.15, 0.2) is 12.1 Å². The number of nitrogens with zero attached hydrogens (tertiary/aromatic N) is 2. The number of piperidine rings is 1. The van der Waals surface area contributed by atoms with E-state index in [1.807, 2.05) is 4.90 Å². The lowest BCUT2D eigenvalue weighted by molar-refractivity contribution is -0.240. The Kier molecular flexibility index (Phi) is 4.56. The van der Waals surface area contributed by atoms with Gasteiger partial charge in [0.1, 0.15) is 0 Å². The topological polar surface area (TPSA) is 182 Å². The number of carboxylic acids is 2. The van der Waals surface area contributed by atoms with Gasteiger partial charge in [-0.1, -0.05) is 6.07 Å². The van der Waals surface area contributed by atoms with Crippen LogP contribution >= 0.6 is 0 Å². The molecular formula is C25H26N2O10. The van der Waals surface area contributed by atoms with E-state index >= 15 is 0 Å². The Labute approximate surface area is 210 Å². The number of aliphatic hydroxyl groups is 1. The third kappa shape index (κ3) is 2.35. The van der Waals surface area contributed by atoms with Crippen LogP contribution in [0.2, 0.25) is 0 Å². The molecule has 0 radical (unpaired) electrons. The van der Waals surface area contributed by atoms with Gasteiger partial charge < -0.3 is 30.1 Å². The van der Waals surface area contributed by atoms with Crippen molar-refractivity contribution in [2.45, 2.75) is 73.1 Å². The monoisotopic (exact) mass is 514 g/mol. The molecule has 37 heavy (non-hydrogen) atoms. The van der Waals surface area contributed by atoms with Crippen LogP contribution in [-0.4, -0.2) is 96.1 Å². The van der Waals surface area contributed by atoms with Crippen molar-refractivity contribution in [3.05, 3.63) is 23.3 Å². The van der Waals surface area contributed by atoms with E-state index in [0.29, 0.717) is 16.9 Å². The van der Waals surface area contributed by atoms with Crippen LogP contribution in [0.4, 0.5) is 0 Å². The van der Waals surface area contributed by atoms with Gasteiger partial charge >= 0.3 is 11.9 Å². The molecule has 3 fully saturated rings. The normalized spacial score (nSPS) is 35.7. The Morgan fingerprint density at radius 1 is 1.11 bits per heavy atom. The molecule has 3 aliphatic heterocycles. The van der Waals surface area contributed by atoms with Gasteiger partial charge in [-0.15, -0.1) is 0 Å². The largest absolute Gasteiger partial charge is 0.504 e. The van der Waals surface area contributed by atoms with Crippen LogP contribution in [0.25, 0.3) is 0 Å². The number of phenolic OH excluding ortho intramolecular Hbond substituents is 1. The molecule has 0 aromatic heterocycles. The molecule has 12 heteroatoms. The van der Waals surface area contributed by atoms with Crippen molar-refractivity contribution in [1.82, 2.24) is 9.80 Å². The second-order valence-corrected chi connectivity index (χ2v) is 10.8. The van der Waals surface area contributed by atoms with E-state index in [-0.39, 0.29) is 50.0 Å². The van der Waals surface area contributed by atoms with Crippen molar-refractivity contribution >= 4 is 29.5 Å². The lowest BCUT2D eigenvalue weighted by Crippen LogP contribution is -2.88. The number of ketones is 1. The molecule has 196 valence electrons. The molecule has 1 aromatic carbocycles. The van der Waals surface area contributed by atoms with Crippen LogP contribution in [0, 0.1) is 0 Å². The minimum absolute atomic E-state index is 0.0312. The predicted molar refractivity (Wildman–Crippen MR) is 121 cm³/mol. The highest BCUT2D eigenvalue weighted by molar-refractivity contribution is 6.12. The maximum absolute atomic E-state index is 14.2. The zero-order valence-corrected chi connectivity index (χ0v) is 20.0. The van der Waals surface area contributed by atoms with Gasteiger partial charge in [-0.25, -0.2) is 4.79 Å². The number of carboxylic acid groups (broad SMARTS) is 2. The average Bonchev–Trinajstić information content (AvgIpc) is 3.34. The Morgan fingerprint density at radius 3 is 2.41 bits per heavy atom. The van der Waals surface area contributed by atoms with Gasteiger partial charge in [0.15, 0.2) is 17.3 Å². The van der Waals surface area contributed by atoms with Gasteiger partial charge in [-0.3, -0.25) is 24.1 Å². The number of hydrogen-bond acceptors (Lipinski definition) is 9. The number of amides is 2. The first-order chi connectivity index (χ1) is 17.4. The number of carbonyl (C=O) groups is 5. The highest BCUT2D eigenvalue weighted by Crippen LogP contribution is 2.71. The molecule has 5 atom stereocenters. The van der Waals surface area contributed by atoms with Gasteiger partial charge in [0.2, 0.25) is 23.0 Å². The van der Waals surface area contributed by atoms with Gasteiger partial charge in [-0.05, 0) is 44.5 Å². The Bertz CT molecular complexity index is 1310. The van der Waals surface area contributed by atoms with E-state index in [4.69, 9.17) is 4.74 Å². The number of likely N-dealkylation sites (N-methyl/N-ethyl adjacent to an activating group) is 1. The number of carbonyl (C=O) groups excluding carboxylic acids is 3. The van der Waals surface area contributed by atoms with Crippen LogP contribution in [-0.2, 0) is 35.8 Å². The third-order valence-electron chi connectivity index (χ3n) is 9.48. The summed E-state index contributed by atoms with van der Waals surface area (Å²) < 4.78 is 6.28. The van der Waals surface area contributed by atoms with Crippen molar-refractivity contribution in [2.24, 2.45) is 0 Å². The molecular weight excluding hydrogens is 488 g/mol. The van der Waals surface area contributed by atoms with Crippen LogP contribution < -0.4 is 4.74 Å². The maximum atomic E-state index is 14.2. The van der Waals surface area contributed by atoms with Crippen molar-refractivity contribution in [2.75, 3.05) is 13.6 Å². The highest BCUT2D eigenvalue weighted by atomic mass is 16.5. The first-order valence-electron chi connectivity index (χ1n) is 12.2. The summed E-state index contributed by atoms with van der Waals surface area (Å²) in [6.07, 6.45) is -2.20. The summed E-state index contributed by atoms with van der Waals surface area (Å²) in [6, 6.07) is 2.36. The van der Waals surface area contributed by atoms with E-state index in [1.165, 1.54) is 6.07 Å². The number of Topliss-reactive ketones (excluding diaryl/α,β-unsaturated/α-hetero) is 1. The minimum atomic E-state index is -3.02. The first kappa shape index (κ1) is 23.9. The Balaban J connectivity index is 1.80. The molecule has 2 saturated heterocycles. The number of hydrogen-bond donors (Lipinski definition) is 4. The van der Waals surface area contributed by atoms with Gasteiger partial charge in [0.05, 0.1) is 17.4 Å². The lowest BCUT2D eigenvalue weighted by atomic mass is 9.41. The second-order valence-electron chi connectivity index (χ2n) is 10.8. The van der Waals surface area contributed by atoms with E-state index in [2.05, 4.69) is 0 Å². The molecule has 2 amide bonds. The minimum Gasteiger partial charge on any atom is -0.504 e. The third-order valence-corrected chi connectivity index (χ3v) is 9.48. The number of phenols is 1. The number of benzene rings is 1. The SMILES string of the molecule is CN1CC[C@]23c4c5ccc(O)c4O[C@@]2([C@@](CC(=O)O)(C(=O)O)N2C(=O)CCC2=O)C(=O)CC[C@@]3(O)[C@H]1C5. The van der Waals surface area contributed by atoms with Crippen LogP contribution in [0.5, 0.6) is 11.5 Å². The smallest absolute Gasteiger partial charge is 0.335 e. The number of rotatable bonds is 5. The Morgan fingerprint density at radius 2 is 1.78 bits per heavy atom. The molecule has 1 aromatic rings. The molecule has 6 rings (SSSR count). The van der Waals surface area contributed by atoms with Gasteiger partial charge in [0.25, 0.3) is 0 Å². The second kappa shape index (κ2) is 7.07. The number of ether oxygens (including phenoxy) is 1. The molecule has 2 aliphatic carbocycles. The molecule has 4 N–H and O–H groups in total. The predicted octanol–water partition coefficient (Wildman–Crippen LogP) is -0.437. The van der Waals surface area contributed by atoms with Crippen LogP contribution in [0.3, 0.4) is 0 Å². The first-order valence-corrected chi connectivity index (χ1v) is 12.2. The lowest BCUT2D eigenvalue weighted by Gasteiger charge is -2.67. The van der Waals surface area contributed by atoms with Crippen molar-refractivity contribution < 1.29 is 49.1 Å². The zero-order valence-electron chi connectivity index (χ0n) is 20.0. The van der Waals surface area contributed by atoms with Gasteiger partial charge in [-0.2, -0.15) is 0 Å². The summed E-state index contributed by atoms with van der Waals surface area (Å²) in [5.74, 6) is -6.92. The molecule has 12 nitrogen and oxygen atoms in total. The highest BCUT2D eigenvalue weighted by Gasteiger charge is 2.88. The zero-order chi connectivity index (χ0) is 26.7. The summed E-state index contributed by atoms with van der Waals surface area (Å²) in [7, 11) is 1.80. The molecule has 5 aliphatic rings. The van der Waals surface area contributed by atoms with Gasteiger partial charge in [0, 0.05) is 30.9 Å². The van der Waals surface area contributed by atoms with Crippen molar-refractivity contribution in [1.29, 1.82) is 0 Å². The van der Waals surface area contributed by atoms with E-state index in [0.717, 1.165) is 0 Å². The summed E-state index contributed by atoms with van der Waals surface area (Å²) in [5, 5.41) is 44.2. The average molecular weight is 514 g/mol. The molecule has 0 unspecified atom stereocenters. The number of imide groups is 1. The van der Waals surface area contributed by atoms with E-state index in [1.54, 1.807) is 13.1 Å². The fourth-order valence-corrected chi connectivity index (χ4v) is 8.22. The molecule has 2 bridgehead atoms. The number of aromatic hydroxyl groups is 1. The molecule has 1 saturated carbocycles.